The molecule has 0 amide bonds. The van der Waals surface area contributed by atoms with E-state index in [2.05, 4.69) is 15.0 Å². The predicted molar refractivity (Wildman–Crippen MR) is 106 cm³/mol. The third-order valence-electron chi connectivity index (χ3n) is 3.86. The number of halogens is 1. The standard InChI is InChI=1S/C19H18ClN3O2S/c1-13-5-3-4-6-18(13)22-19-10-7-15(12-21-19)23-26(24,25)16-8-9-17(20)14(2)11-16/h3-12,23H,1-2H3,(H,21,22). The van der Waals surface area contributed by atoms with Gasteiger partial charge in [-0.15, -0.1) is 0 Å². The Labute approximate surface area is 158 Å². The number of sulfonamides is 1. The van der Waals surface area contributed by atoms with Gasteiger partial charge in [0, 0.05) is 10.7 Å². The fourth-order valence-corrected chi connectivity index (χ4v) is 3.62. The van der Waals surface area contributed by atoms with E-state index in [0.29, 0.717) is 22.1 Å². The molecule has 0 aliphatic carbocycles. The summed E-state index contributed by atoms with van der Waals surface area (Å²) in [6, 6.07) is 15.8. The molecule has 5 nitrogen and oxygen atoms in total. The summed E-state index contributed by atoms with van der Waals surface area (Å²) < 4.78 is 27.5. The lowest BCUT2D eigenvalue weighted by Crippen LogP contribution is -2.13. The van der Waals surface area contributed by atoms with Gasteiger partial charge in [-0.05, 0) is 61.4 Å². The quantitative estimate of drug-likeness (QED) is 0.653. The molecule has 1 aromatic heterocycles. The number of para-hydroxylation sites is 1. The van der Waals surface area contributed by atoms with E-state index in [4.69, 9.17) is 11.6 Å². The zero-order valence-electron chi connectivity index (χ0n) is 14.3. The van der Waals surface area contributed by atoms with Crippen molar-refractivity contribution in [2.24, 2.45) is 0 Å². The average molecular weight is 388 g/mol. The SMILES string of the molecule is Cc1cc(S(=O)(=O)Nc2ccc(Nc3ccccc3C)nc2)ccc1Cl. The highest BCUT2D eigenvalue weighted by atomic mass is 35.5. The number of nitrogens with one attached hydrogen (secondary N) is 2. The molecule has 1 heterocycles. The lowest BCUT2D eigenvalue weighted by molar-refractivity contribution is 0.601. The largest absolute Gasteiger partial charge is 0.340 e. The second kappa shape index (κ2) is 7.35. The number of anilines is 3. The molecule has 0 saturated heterocycles. The normalized spacial score (nSPS) is 11.2. The molecule has 0 radical (unpaired) electrons. The van der Waals surface area contributed by atoms with Crippen LogP contribution in [0.5, 0.6) is 0 Å². The van der Waals surface area contributed by atoms with Crippen molar-refractivity contribution in [3.8, 4) is 0 Å². The van der Waals surface area contributed by atoms with Crippen LogP contribution < -0.4 is 10.0 Å². The van der Waals surface area contributed by atoms with Crippen molar-refractivity contribution in [3.63, 3.8) is 0 Å². The minimum absolute atomic E-state index is 0.154. The molecule has 0 saturated carbocycles. The molecule has 0 atom stereocenters. The molecule has 134 valence electrons. The molecule has 26 heavy (non-hydrogen) atoms. The molecule has 0 bridgehead atoms. The highest BCUT2D eigenvalue weighted by molar-refractivity contribution is 7.92. The lowest BCUT2D eigenvalue weighted by Gasteiger charge is -2.11. The summed E-state index contributed by atoms with van der Waals surface area (Å²) in [7, 11) is -3.70. The lowest BCUT2D eigenvalue weighted by atomic mass is 10.2. The van der Waals surface area contributed by atoms with Crippen molar-refractivity contribution >= 4 is 38.8 Å². The van der Waals surface area contributed by atoms with Gasteiger partial charge in [0.25, 0.3) is 10.0 Å². The monoisotopic (exact) mass is 387 g/mol. The first kappa shape index (κ1) is 18.2. The van der Waals surface area contributed by atoms with Gasteiger partial charge in [-0.1, -0.05) is 29.8 Å². The second-order valence-electron chi connectivity index (χ2n) is 5.89. The third-order valence-corrected chi connectivity index (χ3v) is 5.67. The third kappa shape index (κ3) is 4.15. The molecular formula is C19H18ClN3O2S. The van der Waals surface area contributed by atoms with Gasteiger partial charge in [0.05, 0.1) is 16.8 Å². The molecule has 0 aliphatic rings. The zero-order chi connectivity index (χ0) is 18.7. The van der Waals surface area contributed by atoms with Crippen LogP contribution in [0, 0.1) is 13.8 Å². The summed E-state index contributed by atoms with van der Waals surface area (Å²) in [5.41, 5.74) is 3.13. The number of hydrogen-bond donors (Lipinski definition) is 2. The number of hydrogen-bond acceptors (Lipinski definition) is 4. The van der Waals surface area contributed by atoms with Crippen molar-refractivity contribution in [1.82, 2.24) is 4.98 Å². The van der Waals surface area contributed by atoms with Crippen molar-refractivity contribution in [2.75, 3.05) is 10.0 Å². The highest BCUT2D eigenvalue weighted by Crippen LogP contribution is 2.23. The Balaban J connectivity index is 1.76. The first-order chi connectivity index (χ1) is 12.3. The van der Waals surface area contributed by atoms with Crippen LogP contribution in [0.2, 0.25) is 5.02 Å². The summed E-state index contributed by atoms with van der Waals surface area (Å²) >= 11 is 5.95. The maximum absolute atomic E-state index is 12.5. The Morgan fingerprint density at radius 1 is 0.962 bits per heavy atom. The minimum atomic E-state index is -3.70. The van der Waals surface area contributed by atoms with E-state index < -0.39 is 10.0 Å². The number of rotatable bonds is 5. The molecule has 0 unspecified atom stereocenters. The van der Waals surface area contributed by atoms with E-state index in [0.717, 1.165) is 11.3 Å². The minimum Gasteiger partial charge on any atom is -0.340 e. The van der Waals surface area contributed by atoms with E-state index >= 15 is 0 Å². The summed E-state index contributed by atoms with van der Waals surface area (Å²) in [4.78, 5) is 4.42. The Bertz CT molecular complexity index is 1030. The smallest absolute Gasteiger partial charge is 0.261 e. The van der Waals surface area contributed by atoms with E-state index in [-0.39, 0.29) is 4.90 Å². The van der Waals surface area contributed by atoms with E-state index in [1.165, 1.54) is 18.3 Å². The summed E-state index contributed by atoms with van der Waals surface area (Å²) in [6.07, 6.45) is 1.47. The van der Waals surface area contributed by atoms with Gasteiger partial charge in [-0.2, -0.15) is 0 Å². The summed E-state index contributed by atoms with van der Waals surface area (Å²) in [5.74, 6) is 0.629. The fourth-order valence-electron chi connectivity index (χ4n) is 2.38. The molecule has 3 aromatic rings. The average Bonchev–Trinajstić information content (AvgIpc) is 2.60. The number of pyridine rings is 1. The van der Waals surface area contributed by atoms with Crippen LogP contribution in [0.3, 0.4) is 0 Å². The number of aryl methyl sites for hydroxylation is 2. The van der Waals surface area contributed by atoms with Gasteiger partial charge in [0.1, 0.15) is 5.82 Å². The second-order valence-corrected chi connectivity index (χ2v) is 7.98. The van der Waals surface area contributed by atoms with Gasteiger partial charge in [0.15, 0.2) is 0 Å². The van der Waals surface area contributed by atoms with Crippen molar-refractivity contribution < 1.29 is 8.42 Å². The van der Waals surface area contributed by atoms with Crippen molar-refractivity contribution in [1.29, 1.82) is 0 Å². The molecule has 0 spiro atoms. The molecule has 3 rings (SSSR count). The predicted octanol–water partition coefficient (Wildman–Crippen LogP) is 4.90. The van der Waals surface area contributed by atoms with E-state index in [1.54, 1.807) is 25.1 Å². The van der Waals surface area contributed by atoms with Crippen molar-refractivity contribution in [2.45, 2.75) is 18.7 Å². The Morgan fingerprint density at radius 3 is 2.38 bits per heavy atom. The molecule has 0 aliphatic heterocycles. The van der Waals surface area contributed by atoms with Crippen LogP contribution >= 0.6 is 11.6 Å². The maximum Gasteiger partial charge on any atom is 0.261 e. The van der Waals surface area contributed by atoms with E-state index in [1.807, 2.05) is 31.2 Å². The zero-order valence-corrected chi connectivity index (χ0v) is 15.9. The Morgan fingerprint density at radius 2 is 1.73 bits per heavy atom. The van der Waals surface area contributed by atoms with Gasteiger partial charge in [-0.3, -0.25) is 4.72 Å². The van der Waals surface area contributed by atoms with Crippen LogP contribution in [0.4, 0.5) is 17.2 Å². The van der Waals surface area contributed by atoms with Crippen LogP contribution in [-0.2, 0) is 10.0 Å². The van der Waals surface area contributed by atoms with Gasteiger partial charge in [-0.25, -0.2) is 13.4 Å². The van der Waals surface area contributed by atoms with Gasteiger partial charge < -0.3 is 5.32 Å². The van der Waals surface area contributed by atoms with Crippen LogP contribution in [0.25, 0.3) is 0 Å². The first-order valence-electron chi connectivity index (χ1n) is 7.93. The first-order valence-corrected chi connectivity index (χ1v) is 9.79. The Kier molecular flexibility index (Phi) is 5.15. The van der Waals surface area contributed by atoms with Crippen LogP contribution in [0.15, 0.2) is 65.7 Å². The summed E-state index contributed by atoms with van der Waals surface area (Å²) in [6.45, 7) is 3.76. The van der Waals surface area contributed by atoms with Crippen LogP contribution in [-0.4, -0.2) is 13.4 Å². The molecule has 0 fully saturated rings. The van der Waals surface area contributed by atoms with Crippen molar-refractivity contribution in [3.05, 3.63) is 76.9 Å². The molecular weight excluding hydrogens is 370 g/mol. The fraction of sp³-hybridized carbons (Fsp3) is 0.105. The number of aromatic nitrogens is 1. The molecule has 2 N–H and O–H groups in total. The van der Waals surface area contributed by atoms with Crippen LogP contribution in [0.1, 0.15) is 11.1 Å². The highest BCUT2D eigenvalue weighted by Gasteiger charge is 2.15. The van der Waals surface area contributed by atoms with Gasteiger partial charge in [0.2, 0.25) is 0 Å². The Hall–Kier alpha value is -2.57. The molecule has 2 aromatic carbocycles. The topological polar surface area (TPSA) is 71.1 Å². The maximum atomic E-state index is 12.5. The van der Waals surface area contributed by atoms with Gasteiger partial charge >= 0.3 is 0 Å². The number of benzene rings is 2. The number of nitrogens with zero attached hydrogens (tertiary/aromatic N) is 1. The molecule has 7 heteroatoms. The summed E-state index contributed by atoms with van der Waals surface area (Å²) in [5, 5.41) is 3.73. The van der Waals surface area contributed by atoms with E-state index in [9.17, 15) is 8.42 Å².